The molecule has 0 aliphatic heterocycles. The van der Waals surface area contributed by atoms with Gasteiger partial charge in [0.25, 0.3) is 0 Å². The molecule has 3 heteroatoms. The number of rotatable bonds is 13. The molecule has 0 atom stereocenters. The number of benzene rings is 1. The molecule has 0 aromatic heterocycles. The lowest BCUT2D eigenvalue weighted by molar-refractivity contribution is 0.344. The monoisotopic (exact) mass is 346 g/mol. The lowest BCUT2D eigenvalue weighted by Gasteiger charge is -2.08. The van der Waals surface area contributed by atoms with Crippen molar-refractivity contribution < 1.29 is 14.9 Å². The third-order valence-corrected chi connectivity index (χ3v) is 4.21. The zero-order valence-electron chi connectivity index (χ0n) is 15.8. The largest absolute Gasteiger partial charge is 0.504 e. The maximum atomic E-state index is 9.78. The molecule has 0 unspecified atom stereocenters. The molecule has 0 spiro atoms. The fourth-order valence-corrected chi connectivity index (χ4v) is 2.80. The summed E-state index contributed by atoms with van der Waals surface area (Å²) in [5, 5.41) is 19.6. The van der Waals surface area contributed by atoms with Crippen molar-refractivity contribution in [3.8, 4) is 17.2 Å². The molecule has 140 valence electrons. The molecule has 0 saturated carbocycles. The zero-order valence-corrected chi connectivity index (χ0v) is 15.8. The number of aryl methyl sites for hydroxylation is 1. The summed E-state index contributed by atoms with van der Waals surface area (Å²) in [5.74, 6) is 0.167. The van der Waals surface area contributed by atoms with Crippen molar-refractivity contribution in [2.45, 2.75) is 71.1 Å². The summed E-state index contributed by atoms with van der Waals surface area (Å²) >= 11 is 0. The van der Waals surface area contributed by atoms with Crippen LogP contribution in [-0.4, -0.2) is 17.3 Å². The van der Waals surface area contributed by atoms with Gasteiger partial charge in [0.15, 0.2) is 11.5 Å². The van der Waals surface area contributed by atoms with Crippen molar-refractivity contribution in [2.24, 2.45) is 0 Å². The summed E-state index contributed by atoms with van der Waals surface area (Å²) in [6.07, 6.45) is 20.5. The van der Waals surface area contributed by atoms with Crippen LogP contribution in [0.2, 0.25) is 0 Å². The summed E-state index contributed by atoms with van der Waals surface area (Å²) in [6.45, 7) is 2.20. The van der Waals surface area contributed by atoms with Gasteiger partial charge in [-0.3, -0.25) is 0 Å². The van der Waals surface area contributed by atoms with E-state index in [1.807, 2.05) is 0 Å². The van der Waals surface area contributed by atoms with Crippen LogP contribution in [0.5, 0.6) is 17.2 Å². The van der Waals surface area contributed by atoms with Gasteiger partial charge in [0, 0.05) is 0 Å². The Morgan fingerprint density at radius 3 is 2.08 bits per heavy atom. The van der Waals surface area contributed by atoms with Gasteiger partial charge in [-0.25, -0.2) is 0 Å². The molecule has 1 aromatic carbocycles. The van der Waals surface area contributed by atoms with Gasteiger partial charge in [-0.1, -0.05) is 56.9 Å². The number of hydrogen-bond acceptors (Lipinski definition) is 3. The summed E-state index contributed by atoms with van der Waals surface area (Å²) in [6, 6.07) is 3.36. The third-order valence-electron chi connectivity index (χ3n) is 4.21. The topological polar surface area (TPSA) is 49.7 Å². The van der Waals surface area contributed by atoms with Gasteiger partial charge in [-0.15, -0.1) is 0 Å². The number of hydrogen-bond donors (Lipinski definition) is 2. The molecule has 0 aliphatic carbocycles. The molecule has 0 bridgehead atoms. The Bertz CT molecular complexity index is 509. The summed E-state index contributed by atoms with van der Waals surface area (Å²) < 4.78 is 4.94. The van der Waals surface area contributed by atoms with Crippen LogP contribution in [0.15, 0.2) is 36.4 Å². The maximum absolute atomic E-state index is 9.78. The molecule has 0 aliphatic rings. The fraction of sp³-hybridized carbons (Fsp3) is 0.545. The lowest BCUT2D eigenvalue weighted by atomic mass is 10.0. The van der Waals surface area contributed by atoms with Gasteiger partial charge in [-0.05, 0) is 56.2 Å². The highest BCUT2D eigenvalue weighted by molar-refractivity contribution is 5.52. The number of methoxy groups -OCH3 is 1. The Morgan fingerprint density at radius 1 is 0.840 bits per heavy atom. The Morgan fingerprint density at radius 2 is 1.44 bits per heavy atom. The molecule has 0 heterocycles. The van der Waals surface area contributed by atoms with E-state index >= 15 is 0 Å². The molecule has 0 fully saturated rings. The van der Waals surface area contributed by atoms with Crippen LogP contribution in [0, 0.1) is 0 Å². The number of phenolic OH excluding ortho intramolecular Hbond substituents is 2. The fourth-order valence-electron chi connectivity index (χ4n) is 2.80. The van der Waals surface area contributed by atoms with Crippen molar-refractivity contribution in [2.75, 3.05) is 7.11 Å². The first-order chi connectivity index (χ1) is 12.2. The van der Waals surface area contributed by atoms with E-state index in [2.05, 4.69) is 31.2 Å². The van der Waals surface area contributed by atoms with Gasteiger partial charge < -0.3 is 14.9 Å². The first-order valence-electron chi connectivity index (χ1n) is 9.57. The molecular formula is C22H34O3. The van der Waals surface area contributed by atoms with Gasteiger partial charge >= 0.3 is 0 Å². The highest BCUT2D eigenvalue weighted by Crippen LogP contribution is 2.36. The molecule has 2 N–H and O–H groups in total. The van der Waals surface area contributed by atoms with Crippen LogP contribution in [0.1, 0.15) is 70.3 Å². The highest BCUT2D eigenvalue weighted by Gasteiger charge is 2.09. The maximum Gasteiger partial charge on any atom is 0.202 e. The lowest BCUT2D eigenvalue weighted by Crippen LogP contribution is -1.90. The predicted octanol–water partition coefficient (Wildman–Crippen LogP) is 6.29. The molecule has 0 radical (unpaired) electrons. The highest BCUT2D eigenvalue weighted by atomic mass is 16.5. The molecule has 1 rings (SSSR count). The first kappa shape index (κ1) is 21.1. The van der Waals surface area contributed by atoms with Crippen LogP contribution >= 0.6 is 0 Å². The molecular weight excluding hydrogens is 312 g/mol. The molecule has 0 amide bonds. The normalized spacial score (nSPS) is 11.6. The summed E-state index contributed by atoms with van der Waals surface area (Å²) in [5.41, 5.74) is 0.954. The Kier molecular flexibility index (Phi) is 11.3. The number of phenols is 2. The van der Waals surface area contributed by atoms with E-state index < -0.39 is 0 Å². The smallest absolute Gasteiger partial charge is 0.202 e. The molecule has 0 saturated heterocycles. The van der Waals surface area contributed by atoms with Crippen molar-refractivity contribution in [3.05, 3.63) is 42.0 Å². The van der Waals surface area contributed by atoms with E-state index in [1.165, 1.54) is 52.1 Å². The van der Waals surface area contributed by atoms with Crippen molar-refractivity contribution in [3.63, 3.8) is 0 Å². The van der Waals surface area contributed by atoms with E-state index in [9.17, 15) is 10.2 Å². The van der Waals surface area contributed by atoms with Crippen molar-refractivity contribution in [1.82, 2.24) is 0 Å². The van der Waals surface area contributed by atoms with Crippen LogP contribution in [0.3, 0.4) is 0 Å². The Labute approximate surface area is 153 Å². The minimum Gasteiger partial charge on any atom is -0.504 e. The van der Waals surface area contributed by atoms with Crippen molar-refractivity contribution >= 4 is 0 Å². The SMILES string of the molecule is CCC/C=C\C/C=C\CCCCCCCc1cc(O)c(OC)c(O)c1. The molecule has 3 nitrogen and oxygen atoms in total. The standard InChI is InChI=1S/C22H34O3/c1-3-4-5-6-7-8-9-10-11-12-13-14-15-16-19-17-20(23)22(25-2)21(24)18-19/h5-6,8-9,17-18,23-24H,3-4,7,10-16H2,1-2H3/b6-5-,9-8-. The predicted molar refractivity (Wildman–Crippen MR) is 106 cm³/mol. The third kappa shape index (κ3) is 9.23. The zero-order chi connectivity index (χ0) is 18.3. The number of allylic oxidation sites excluding steroid dienone is 4. The van der Waals surface area contributed by atoms with E-state index in [0.717, 1.165) is 24.8 Å². The second-order valence-electron chi connectivity index (χ2n) is 6.44. The average Bonchev–Trinajstić information content (AvgIpc) is 2.59. The second kappa shape index (κ2) is 13.4. The minimum absolute atomic E-state index is 0.00817. The van der Waals surface area contributed by atoms with Gasteiger partial charge in [0.1, 0.15) is 0 Å². The van der Waals surface area contributed by atoms with Crippen LogP contribution in [0.4, 0.5) is 0 Å². The Balaban J connectivity index is 2.06. The minimum atomic E-state index is 0.00817. The molecule has 25 heavy (non-hydrogen) atoms. The summed E-state index contributed by atoms with van der Waals surface area (Å²) in [4.78, 5) is 0. The van der Waals surface area contributed by atoms with E-state index in [-0.39, 0.29) is 17.2 Å². The van der Waals surface area contributed by atoms with Crippen molar-refractivity contribution in [1.29, 1.82) is 0 Å². The van der Waals surface area contributed by atoms with Crippen LogP contribution in [0.25, 0.3) is 0 Å². The van der Waals surface area contributed by atoms with Gasteiger partial charge in [0.2, 0.25) is 5.75 Å². The summed E-state index contributed by atoms with van der Waals surface area (Å²) in [7, 11) is 1.44. The number of aromatic hydroxyl groups is 2. The van der Waals surface area contributed by atoms with E-state index in [1.54, 1.807) is 12.1 Å². The Hall–Kier alpha value is -1.90. The number of ether oxygens (including phenoxy) is 1. The van der Waals surface area contributed by atoms with Gasteiger partial charge in [-0.2, -0.15) is 0 Å². The van der Waals surface area contributed by atoms with Crippen LogP contribution < -0.4 is 4.74 Å². The average molecular weight is 347 g/mol. The van der Waals surface area contributed by atoms with E-state index in [0.29, 0.717) is 0 Å². The van der Waals surface area contributed by atoms with Crippen LogP contribution in [-0.2, 0) is 6.42 Å². The quantitative estimate of drug-likeness (QED) is 0.326. The van der Waals surface area contributed by atoms with Gasteiger partial charge in [0.05, 0.1) is 7.11 Å². The van der Waals surface area contributed by atoms with E-state index in [4.69, 9.17) is 4.74 Å². The molecule has 1 aromatic rings. The first-order valence-corrected chi connectivity index (χ1v) is 9.57. The second-order valence-corrected chi connectivity index (χ2v) is 6.44. The number of unbranched alkanes of at least 4 members (excludes halogenated alkanes) is 6.